The van der Waals surface area contributed by atoms with Gasteiger partial charge in [-0.2, -0.15) is 0 Å². The van der Waals surface area contributed by atoms with E-state index in [1.165, 1.54) is 24.3 Å². The smallest absolute Gasteiger partial charge is 0.238 e. The van der Waals surface area contributed by atoms with Gasteiger partial charge in [-0.15, -0.1) is 0 Å². The Bertz CT molecular complexity index is 975. The lowest BCUT2D eigenvalue weighted by Gasteiger charge is -2.07. The molecule has 24 heavy (non-hydrogen) atoms. The molecule has 0 radical (unpaired) electrons. The van der Waals surface area contributed by atoms with Crippen molar-refractivity contribution < 1.29 is 12.8 Å². The molecule has 0 saturated heterocycles. The molecule has 0 saturated carbocycles. The molecule has 1 aromatic heterocycles. The Labute approximate surface area is 138 Å². The quantitative estimate of drug-likeness (QED) is 0.758. The molecule has 0 amide bonds. The first kappa shape index (κ1) is 16.0. The lowest BCUT2D eigenvalue weighted by Crippen LogP contribution is -2.11. The minimum Gasteiger partial charge on any atom is -0.324 e. The van der Waals surface area contributed by atoms with E-state index in [0.29, 0.717) is 22.9 Å². The summed E-state index contributed by atoms with van der Waals surface area (Å²) in [5.74, 6) is -0.0423. The largest absolute Gasteiger partial charge is 0.324 e. The van der Waals surface area contributed by atoms with Gasteiger partial charge in [-0.05, 0) is 42.5 Å². The van der Waals surface area contributed by atoms with E-state index < -0.39 is 10.0 Å². The first-order valence-electron chi connectivity index (χ1n) is 6.91. The molecule has 3 N–H and O–H groups in total. The summed E-state index contributed by atoms with van der Waals surface area (Å²) in [5.41, 5.74) is 1.79. The van der Waals surface area contributed by atoms with Gasteiger partial charge in [0.2, 0.25) is 16.0 Å². The Kier molecular flexibility index (Phi) is 4.24. The molecule has 1 heterocycles. The summed E-state index contributed by atoms with van der Waals surface area (Å²) in [6, 6.07) is 13.6. The lowest BCUT2D eigenvalue weighted by molar-refractivity contribution is 0.598. The zero-order valence-electron chi connectivity index (χ0n) is 12.3. The highest BCUT2D eigenvalue weighted by atomic mass is 32.2. The van der Waals surface area contributed by atoms with Gasteiger partial charge in [-0.1, -0.05) is 12.1 Å². The molecule has 0 spiro atoms. The fourth-order valence-electron chi connectivity index (χ4n) is 2.08. The van der Waals surface area contributed by atoms with E-state index in [-0.39, 0.29) is 10.7 Å². The van der Waals surface area contributed by atoms with Crippen LogP contribution in [0.2, 0.25) is 0 Å². The molecule has 122 valence electrons. The van der Waals surface area contributed by atoms with Crippen molar-refractivity contribution in [2.45, 2.75) is 4.90 Å². The molecule has 8 heteroatoms. The number of hydrogen-bond donors (Lipinski definition) is 2. The van der Waals surface area contributed by atoms with E-state index in [9.17, 15) is 12.8 Å². The standard InChI is InChI=1S/C16H13FN4O2S/c17-12-3-1-2-11(10-12)15-8-9-19-16(21-15)20-13-4-6-14(7-5-13)24(18,22)23/h1-10H,(H2,18,22,23)(H,19,20,21). The van der Waals surface area contributed by atoms with Crippen molar-refractivity contribution in [2.24, 2.45) is 5.14 Å². The molecule has 0 fully saturated rings. The van der Waals surface area contributed by atoms with Gasteiger partial charge in [0, 0.05) is 17.4 Å². The number of nitrogens with two attached hydrogens (primary N) is 1. The van der Waals surface area contributed by atoms with Crippen molar-refractivity contribution in [2.75, 3.05) is 5.32 Å². The number of nitrogens with one attached hydrogen (secondary N) is 1. The predicted octanol–water partition coefficient (Wildman–Crippen LogP) is 2.67. The monoisotopic (exact) mass is 344 g/mol. The van der Waals surface area contributed by atoms with Crippen LogP contribution in [0.1, 0.15) is 0 Å². The molecule has 2 aromatic carbocycles. The number of hydrogen-bond acceptors (Lipinski definition) is 5. The molecular weight excluding hydrogens is 331 g/mol. The van der Waals surface area contributed by atoms with Crippen molar-refractivity contribution in [1.82, 2.24) is 9.97 Å². The Morgan fingerprint density at radius 2 is 1.79 bits per heavy atom. The van der Waals surface area contributed by atoms with Crippen LogP contribution in [0.4, 0.5) is 16.0 Å². The van der Waals surface area contributed by atoms with E-state index in [4.69, 9.17) is 5.14 Å². The van der Waals surface area contributed by atoms with Crippen LogP contribution in [0, 0.1) is 5.82 Å². The number of benzene rings is 2. The van der Waals surface area contributed by atoms with Crippen molar-refractivity contribution in [1.29, 1.82) is 0 Å². The van der Waals surface area contributed by atoms with Crippen molar-refractivity contribution in [3.05, 3.63) is 66.6 Å². The molecule has 3 rings (SSSR count). The minimum absolute atomic E-state index is 0.0162. The van der Waals surface area contributed by atoms with Crippen molar-refractivity contribution >= 4 is 21.7 Å². The normalized spacial score (nSPS) is 11.2. The van der Waals surface area contributed by atoms with Gasteiger partial charge in [0.15, 0.2) is 0 Å². The fourth-order valence-corrected chi connectivity index (χ4v) is 2.60. The SMILES string of the molecule is NS(=O)(=O)c1ccc(Nc2nccc(-c3cccc(F)c3)n2)cc1. The summed E-state index contributed by atoms with van der Waals surface area (Å²) in [6.07, 6.45) is 1.55. The Balaban J connectivity index is 1.85. The summed E-state index contributed by atoms with van der Waals surface area (Å²) in [7, 11) is -3.73. The van der Waals surface area contributed by atoms with Crippen LogP contribution in [-0.4, -0.2) is 18.4 Å². The molecule has 0 unspecified atom stereocenters. The van der Waals surface area contributed by atoms with Gasteiger partial charge in [0.1, 0.15) is 5.82 Å². The number of aromatic nitrogens is 2. The van der Waals surface area contributed by atoms with Gasteiger partial charge >= 0.3 is 0 Å². The predicted molar refractivity (Wildman–Crippen MR) is 88.5 cm³/mol. The van der Waals surface area contributed by atoms with Gasteiger partial charge < -0.3 is 5.32 Å². The molecular formula is C16H13FN4O2S. The van der Waals surface area contributed by atoms with Crippen LogP contribution < -0.4 is 10.5 Å². The van der Waals surface area contributed by atoms with Crippen LogP contribution in [0.5, 0.6) is 0 Å². The zero-order chi connectivity index (χ0) is 17.2. The molecule has 0 bridgehead atoms. The zero-order valence-corrected chi connectivity index (χ0v) is 13.2. The van der Waals surface area contributed by atoms with Crippen molar-refractivity contribution in [3.8, 4) is 11.3 Å². The number of nitrogens with zero attached hydrogens (tertiary/aromatic N) is 2. The first-order valence-corrected chi connectivity index (χ1v) is 8.45. The number of primary sulfonamides is 1. The van der Waals surface area contributed by atoms with Gasteiger partial charge in [-0.3, -0.25) is 0 Å². The van der Waals surface area contributed by atoms with E-state index >= 15 is 0 Å². The number of rotatable bonds is 4. The third-order valence-corrected chi connectivity index (χ3v) is 4.14. The maximum atomic E-state index is 13.3. The summed E-state index contributed by atoms with van der Waals surface area (Å²) < 4.78 is 35.8. The van der Waals surface area contributed by atoms with Crippen LogP contribution in [0.25, 0.3) is 11.3 Å². The topological polar surface area (TPSA) is 98.0 Å². The third-order valence-electron chi connectivity index (χ3n) is 3.21. The fraction of sp³-hybridized carbons (Fsp3) is 0. The Morgan fingerprint density at radius 1 is 1.04 bits per heavy atom. The summed E-state index contributed by atoms with van der Waals surface area (Å²) >= 11 is 0. The van der Waals surface area contributed by atoms with Gasteiger partial charge in [0.05, 0.1) is 10.6 Å². The molecule has 0 aliphatic heterocycles. The van der Waals surface area contributed by atoms with E-state index in [1.54, 1.807) is 36.5 Å². The second kappa shape index (κ2) is 6.34. The highest BCUT2D eigenvalue weighted by molar-refractivity contribution is 7.89. The van der Waals surface area contributed by atoms with Crippen LogP contribution in [-0.2, 0) is 10.0 Å². The van der Waals surface area contributed by atoms with Crippen LogP contribution >= 0.6 is 0 Å². The minimum atomic E-state index is -3.73. The highest BCUT2D eigenvalue weighted by Crippen LogP contribution is 2.20. The Hall–Kier alpha value is -2.84. The second-order valence-electron chi connectivity index (χ2n) is 4.97. The number of sulfonamides is 1. The third kappa shape index (κ3) is 3.73. The van der Waals surface area contributed by atoms with Crippen molar-refractivity contribution in [3.63, 3.8) is 0 Å². The molecule has 0 aliphatic carbocycles. The number of halogens is 1. The van der Waals surface area contributed by atoms with Gasteiger partial charge in [0.25, 0.3) is 0 Å². The number of anilines is 2. The average Bonchev–Trinajstić information content (AvgIpc) is 2.55. The van der Waals surface area contributed by atoms with E-state index in [0.717, 1.165) is 0 Å². The second-order valence-corrected chi connectivity index (χ2v) is 6.53. The maximum Gasteiger partial charge on any atom is 0.238 e. The maximum absolute atomic E-state index is 13.3. The lowest BCUT2D eigenvalue weighted by atomic mass is 10.1. The molecule has 0 aliphatic rings. The molecule has 0 atom stereocenters. The molecule has 6 nitrogen and oxygen atoms in total. The summed E-state index contributed by atoms with van der Waals surface area (Å²) in [5, 5.41) is 8.01. The van der Waals surface area contributed by atoms with Crippen LogP contribution in [0.3, 0.4) is 0 Å². The van der Waals surface area contributed by atoms with Crippen LogP contribution in [0.15, 0.2) is 65.7 Å². The average molecular weight is 344 g/mol. The highest BCUT2D eigenvalue weighted by Gasteiger charge is 2.08. The summed E-state index contributed by atoms with van der Waals surface area (Å²) in [6.45, 7) is 0. The van der Waals surface area contributed by atoms with Gasteiger partial charge in [-0.25, -0.2) is 27.9 Å². The molecule has 3 aromatic rings. The van der Waals surface area contributed by atoms with E-state index in [2.05, 4.69) is 15.3 Å². The first-order chi connectivity index (χ1) is 11.4. The van der Waals surface area contributed by atoms with E-state index in [1.807, 2.05) is 0 Å². The Morgan fingerprint density at radius 3 is 2.46 bits per heavy atom. The summed E-state index contributed by atoms with van der Waals surface area (Å²) in [4.78, 5) is 8.43.